The van der Waals surface area contributed by atoms with Crippen LogP contribution in [0.4, 0.5) is 4.79 Å². The molecule has 2 amide bonds. The van der Waals surface area contributed by atoms with Crippen molar-refractivity contribution in [1.29, 1.82) is 0 Å². The fraction of sp³-hybridized carbons (Fsp3) is 0.250. The summed E-state index contributed by atoms with van der Waals surface area (Å²) in [4.78, 5) is 16.2. The first-order valence-electron chi connectivity index (χ1n) is 6.69. The van der Waals surface area contributed by atoms with Gasteiger partial charge >= 0.3 is 6.03 Å². The van der Waals surface area contributed by atoms with E-state index in [0.717, 1.165) is 11.3 Å². The zero-order valence-electron chi connectivity index (χ0n) is 11.7. The summed E-state index contributed by atoms with van der Waals surface area (Å²) in [5.74, 6) is 0. The zero-order valence-corrected chi connectivity index (χ0v) is 11.7. The van der Waals surface area contributed by atoms with Crippen molar-refractivity contribution in [1.82, 2.24) is 15.6 Å². The number of urea groups is 1. The third-order valence-electron chi connectivity index (χ3n) is 3.13. The van der Waals surface area contributed by atoms with Gasteiger partial charge in [-0.2, -0.15) is 0 Å². The summed E-state index contributed by atoms with van der Waals surface area (Å²) >= 11 is 0. The standard InChI is InChI=1S/C16H19N3O/c1-12(14-8-4-3-5-9-14)18-16(20)19-13(2)15-10-6-7-11-17-15/h3-13H,1-2H3,(H2,18,19,20). The molecule has 0 radical (unpaired) electrons. The van der Waals surface area contributed by atoms with Crippen LogP contribution in [-0.4, -0.2) is 11.0 Å². The number of amides is 2. The van der Waals surface area contributed by atoms with Gasteiger partial charge in [-0.1, -0.05) is 36.4 Å². The molecule has 2 rings (SSSR count). The largest absolute Gasteiger partial charge is 0.332 e. The molecule has 2 N–H and O–H groups in total. The summed E-state index contributed by atoms with van der Waals surface area (Å²) < 4.78 is 0. The highest BCUT2D eigenvalue weighted by atomic mass is 16.2. The number of hydrogen-bond donors (Lipinski definition) is 2. The van der Waals surface area contributed by atoms with Gasteiger partial charge in [0.05, 0.1) is 17.8 Å². The molecule has 1 heterocycles. The second-order valence-corrected chi connectivity index (χ2v) is 4.73. The van der Waals surface area contributed by atoms with Crippen molar-refractivity contribution in [2.24, 2.45) is 0 Å². The van der Waals surface area contributed by atoms with Crippen molar-refractivity contribution in [2.45, 2.75) is 25.9 Å². The predicted octanol–water partition coefficient (Wildman–Crippen LogP) is 3.20. The smallest absolute Gasteiger partial charge is 0.315 e. The van der Waals surface area contributed by atoms with Gasteiger partial charge in [-0.3, -0.25) is 4.98 Å². The summed E-state index contributed by atoms with van der Waals surface area (Å²) in [6.45, 7) is 3.87. The lowest BCUT2D eigenvalue weighted by atomic mass is 10.1. The van der Waals surface area contributed by atoms with Gasteiger partial charge in [0.15, 0.2) is 0 Å². The summed E-state index contributed by atoms with van der Waals surface area (Å²) in [7, 11) is 0. The van der Waals surface area contributed by atoms with Crippen LogP contribution in [0.15, 0.2) is 54.7 Å². The van der Waals surface area contributed by atoms with Crippen LogP contribution in [0.25, 0.3) is 0 Å². The molecule has 104 valence electrons. The second-order valence-electron chi connectivity index (χ2n) is 4.73. The molecule has 1 aromatic heterocycles. The van der Waals surface area contributed by atoms with E-state index in [0.29, 0.717) is 0 Å². The highest BCUT2D eigenvalue weighted by molar-refractivity contribution is 5.74. The second kappa shape index (κ2) is 6.70. The van der Waals surface area contributed by atoms with E-state index in [9.17, 15) is 4.79 Å². The van der Waals surface area contributed by atoms with Crippen LogP contribution in [0.2, 0.25) is 0 Å². The fourth-order valence-corrected chi connectivity index (χ4v) is 1.97. The van der Waals surface area contributed by atoms with Crippen LogP contribution in [-0.2, 0) is 0 Å². The molecule has 0 spiro atoms. The highest BCUT2D eigenvalue weighted by Crippen LogP contribution is 2.12. The number of carbonyl (C=O) groups is 1. The minimum atomic E-state index is -0.195. The van der Waals surface area contributed by atoms with Crippen LogP contribution in [0.3, 0.4) is 0 Å². The van der Waals surface area contributed by atoms with Gasteiger partial charge in [-0.25, -0.2) is 4.79 Å². The minimum Gasteiger partial charge on any atom is -0.332 e. The molecule has 0 aliphatic rings. The first-order valence-corrected chi connectivity index (χ1v) is 6.69. The molecular weight excluding hydrogens is 250 g/mol. The quantitative estimate of drug-likeness (QED) is 0.895. The van der Waals surface area contributed by atoms with Crippen molar-refractivity contribution >= 4 is 6.03 Å². The van der Waals surface area contributed by atoms with Gasteiger partial charge < -0.3 is 10.6 Å². The summed E-state index contributed by atoms with van der Waals surface area (Å²) in [5.41, 5.74) is 1.92. The molecule has 1 aromatic carbocycles. The number of carbonyl (C=O) groups excluding carboxylic acids is 1. The van der Waals surface area contributed by atoms with E-state index in [1.54, 1.807) is 6.20 Å². The third kappa shape index (κ3) is 3.82. The molecule has 0 aliphatic heterocycles. The Labute approximate surface area is 119 Å². The van der Waals surface area contributed by atoms with Crippen LogP contribution in [0.5, 0.6) is 0 Å². The number of rotatable bonds is 4. The van der Waals surface area contributed by atoms with Gasteiger partial charge in [-0.05, 0) is 31.5 Å². The number of benzene rings is 1. The van der Waals surface area contributed by atoms with Crippen LogP contribution in [0.1, 0.15) is 37.2 Å². The van der Waals surface area contributed by atoms with Gasteiger partial charge in [0.1, 0.15) is 0 Å². The van der Waals surface area contributed by atoms with Gasteiger partial charge in [0, 0.05) is 6.20 Å². The predicted molar refractivity (Wildman–Crippen MR) is 79.2 cm³/mol. The van der Waals surface area contributed by atoms with E-state index >= 15 is 0 Å². The topological polar surface area (TPSA) is 54.0 Å². The van der Waals surface area contributed by atoms with Gasteiger partial charge in [0.25, 0.3) is 0 Å². The number of nitrogens with zero attached hydrogens (tertiary/aromatic N) is 1. The van der Waals surface area contributed by atoms with Crippen LogP contribution in [0, 0.1) is 0 Å². The molecule has 2 atom stereocenters. The lowest BCUT2D eigenvalue weighted by Gasteiger charge is -2.18. The molecular formula is C16H19N3O. The van der Waals surface area contributed by atoms with Crippen molar-refractivity contribution in [3.63, 3.8) is 0 Å². The van der Waals surface area contributed by atoms with Crippen LogP contribution < -0.4 is 10.6 Å². The van der Waals surface area contributed by atoms with E-state index in [4.69, 9.17) is 0 Å². The number of hydrogen-bond acceptors (Lipinski definition) is 2. The Morgan fingerprint density at radius 3 is 2.25 bits per heavy atom. The Morgan fingerprint density at radius 1 is 0.950 bits per heavy atom. The van der Waals surface area contributed by atoms with E-state index in [1.165, 1.54) is 0 Å². The normalized spacial score (nSPS) is 13.3. The van der Waals surface area contributed by atoms with Crippen molar-refractivity contribution in [2.75, 3.05) is 0 Å². The Morgan fingerprint density at radius 2 is 1.60 bits per heavy atom. The highest BCUT2D eigenvalue weighted by Gasteiger charge is 2.13. The summed E-state index contributed by atoms with van der Waals surface area (Å²) in [5, 5.41) is 5.80. The maximum Gasteiger partial charge on any atom is 0.315 e. The molecule has 20 heavy (non-hydrogen) atoms. The van der Waals surface area contributed by atoms with E-state index < -0.39 is 0 Å². The summed E-state index contributed by atoms with van der Waals surface area (Å²) in [6.07, 6.45) is 1.72. The van der Waals surface area contributed by atoms with Gasteiger partial charge in [0.2, 0.25) is 0 Å². The Bertz CT molecular complexity index is 493. The Balaban J connectivity index is 1.90. The van der Waals surface area contributed by atoms with E-state index in [2.05, 4.69) is 15.6 Å². The molecule has 0 aliphatic carbocycles. The fourth-order valence-electron chi connectivity index (χ4n) is 1.97. The molecule has 4 heteroatoms. The maximum atomic E-state index is 12.0. The molecule has 0 fully saturated rings. The summed E-state index contributed by atoms with van der Waals surface area (Å²) in [6, 6.07) is 15.2. The molecule has 4 nitrogen and oxygen atoms in total. The average Bonchev–Trinajstić information content (AvgIpc) is 2.49. The van der Waals surface area contributed by atoms with E-state index in [1.807, 2.05) is 62.4 Å². The monoisotopic (exact) mass is 269 g/mol. The minimum absolute atomic E-state index is 0.0351. The maximum absolute atomic E-state index is 12.0. The lowest BCUT2D eigenvalue weighted by Crippen LogP contribution is -2.38. The average molecular weight is 269 g/mol. The Kier molecular flexibility index (Phi) is 4.71. The number of nitrogens with one attached hydrogen (secondary N) is 2. The molecule has 0 bridgehead atoms. The number of pyridine rings is 1. The van der Waals surface area contributed by atoms with Crippen molar-refractivity contribution in [3.05, 3.63) is 66.0 Å². The number of aromatic nitrogens is 1. The molecule has 2 unspecified atom stereocenters. The Hall–Kier alpha value is -2.36. The van der Waals surface area contributed by atoms with Crippen molar-refractivity contribution in [3.8, 4) is 0 Å². The SMILES string of the molecule is CC(NC(=O)NC(C)c1ccccn1)c1ccccc1. The third-order valence-corrected chi connectivity index (χ3v) is 3.13. The first-order chi connectivity index (χ1) is 9.66. The zero-order chi connectivity index (χ0) is 14.4. The molecule has 0 saturated carbocycles. The molecule has 0 saturated heterocycles. The lowest BCUT2D eigenvalue weighted by molar-refractivity contribution is 0.234. The van der Waals surface area contributed by atoms with Gasteiger partial charge in [-0.15, -0.1) is 0 Å². The van der Waals surface area contributed by atoms with E-state index in [-0.39, 0.29) is 18.1 Å². The van der Waals surface area contributed by atoms with Crippen LogP contribution >= 0.6 is 0 Å². The van der Waals surface area contributed by atoms with Crippen molar-refractivity contribution < 1.29 is 4.79 Å². The molecule has 2 aromatic rings. The first kappa shape index (κ1) is 14.1.